The van der Waals surface area contributed by atoms with Gasteiger partial charge in [0.2, 0.25) is 5.91 Å². The SMILES string of the molecule is Cc1sc2c(c1C)C(c1ccc(Cl)cc1)=NC(NCNC(=O)CCN1CCOCC1)c1nnc(C)n1-2. The number of ether oxygens (including phenoxy) is 1. The molecule has 1 aromatic carbocycles. The number of aromatic nitrogens is 3. The Morgan fingerprint density at radius 1 is 1.17 bits per heavy atom. The van der Waals surface area contributed by atoms with E-state index in [9.17, 15) is 4.79 Å². The fourth-order valence-corrected chi connectivity index (χ4v) is 5.83. The Labute approximate surface area is 219 Å². The van der Waals surface area contributed by atoms with Crippen molar-refractivity contribution in [2.24, 2.45) is 4.99 Å². The minimum absolute atomic E-state index is 0.00672. The summed E-state index contributed by atoms with van der Waals surface area (Å²) in [6.07, 6.45) is -0.0489. The first-order valence-corrected chi connectivity index (χ1v) is 13.3. The zero-order valence-electron chi connectivity index (χ0n) is 20.7. The van der Waals surface area contributed by atoms with Crippen molar-refractivity contribution in [1.82, 2.24) is 30.3 Å². The van der Waals surface area contributed by atoms with Crippen molar-refractivity contribution in [3.8, 4) is 5.00 Å². The van der Waals surface area contributed by atoms with Gasteiger partial charge in [-0.3, -0.25) is 24.6 Å². The average molecular weight is 528 g/mol. The lowest BCUT2D eigenvalue weighted by Crippen LogP contribution is -2.40. The monoisotopic (exact) mass is 527 g/mol. The van der Waals surface area contributed by atoms with Crippen molar-refractivity contribution >= 4 is 34.6 Å². The smallest absolute Gasteiger partial charge is 0.222 e. The predicted molar refractivity (Wildman–Crippen MR) is 141 cm³/mol. The lowest BCUT2D eigenvalue weighted by atomic mass is 10.00. The highest BCUT2D eigenvalue weighted by atomic mass is 35.5. The Balaban J connectivity index is 1.39. The van der Waals surface area contributed by atoms with E-state index >= 15 is 0 Å². The molecule has 2 aliphatic rings. The first kappa shape index (κ1) is 25.0. The highest BCUT2D eigenvalue weighted by Gasteiger charge is 2.31. The molecule has 0 saturated carbocycles. The lowest BCUT2D eigenvalue weighted by Gasteiger charge is -2.26. The number of carbonyl (C=O) groups excluding carboxylic acids is 1. The van der Waals surface area contributed by atoms with Crippen LogP contribution in [0.25, 0.3) is 5.00 Å². The quantitative estimate of drug-likeness (QED) is 0.458. The molecule has 1 unspecified atom stereocenters. The van der Waals surface area contributed by atoms with Crippen LogP contribution in [0.4, 0.5) is 0 Å². The maximum Gasteiger partial charge on any atom is 0.222 e. The van der Waals surface area contributed by atoms with Crippen LogP contribution in [0.1, 0.15) is 45.8 Å². The van der Waals surface area contributed by atoms with Crippen LogP contribution in [0.3, 0.4) is 0 Å². The van der Waals surface area contributed by atoms with E-state index in [0.29, 0.717) is 17.3 Å². The van der Waals surface area contributed by atoms with Gasteiger partial charge in [-0.25, -0.2) is 0 Å². The third-order valence-electron chi connectivity index (χ3n) is 6.62. The van der Waals surface area contributed by atoms with E-state index in [2.05, 4.69) is 44.1 Å². The molecule has 0 spiro atoms. The molecule has 1 fully saturated rings. The summed E-state index contributed by atoms with van der Waals surface area (Å²) in [6, 6.07) is 7.73. The second kappa shape index (κ2) is 10.8. The fourth-order valence-electron chi connectivity index (χ4n) is 4.49. The van der Waals surface area contributed by atoms with Crippen molar-refractivity contribution in [2.45, 2.75) is 33.4 Å². The summed E-state index contributed by atoms with van der Waals surface area (Å²) < 4.78 is 7.45. The molecule has 4 heterocycles. The maximum atomic E-state index is 12.5. The number of nitrogens with zero attached hydrogens (tertiary/aromatic N) is 5. The van der Waals surface area contributed by atoms with Gasteiger partial charge < -0.3 is 10.1 Å². The topological polar surface area (TPSA) is 96.7 Å². The van der Waals surface area contributed by atoms with Gasteiger partial charge in [-0.1, -0.05) is 23.7 Å². The number of fused-ring (bicyclic) bond motifs is 3. The molecule has 36 heavy (non-hydrogen) atoms. The van der Waals surface area contributed by atoms with Crippen molar-refractivity contribution in [2.75, 3.05) is 39.5 Å². The average Bonchev–Trinajstić information content (AvgIpc) is 3.35. The van der Waals surface area contributed by atoms with Gasteiger partial charge in [-0.05, 0) is 38.5 Å². The Bertz CT molecular complexity index is 1280. The highest BCUT2D eigenvalue weighted by molar-refractivity contribution is 7.15. The standard InChI is InChI=1S/C25H30ClN7O2S/c1-15-16(2)36-25-21(15)22(18-4-6-19(26)7-5-18)29-23(24-31-30-17(3)33(24)25)28-14-27-20(34)8-9-32-10-12-35-13-11-32/h4-7,23,28H,8-14H2,1-3H3,(H,27,34). The zero-order valence-corrected chi connectivity index (χ0v) is 22.2. The van der Waals surface area contributed by atoms with Crippen molar-refractivity contribution in [3.05, 3.63) is 62.5 Å². The number of aryl methyl sites for hydroxylation is 2. The molecular weight excluding hydrogens is 498 g/mol. The summed E-state index contributed by atoms with van der Waals surface area (Å²) >= 11 is 7.88. The lowest BCUT2D eigenvalue weighted by molar-refractivity contribution is -0.121. The first-order valence-electron chi connectivity index (χ1n) is 12.1. The molecule has 2 aliphatic heterocycles. The molecule has 0 bridgehead atoms. The number of carbonyl (C=O) groups is 1. The van der Waals surface area contributed by atoms with Gasteiger partial charge >= 0.3 is 0 Å². The summed E-state index contributed by atoms with van der Waals surface area (Å²) in [4.78, 5) is 21.1. The molecule has 190 valence electrons. The number of rotatable bonds is 7. The van der Waals surface area contributed by atoms with Crippen LogP contribution in [-0.2, 0) is 9.53 Å². The number of amides is 1. The Kier molecular flexibility index (Phi) is 7.49. The molecule has 11 heteroatoms. The third kappa shape index (κ3) is 5.09. The third-order valence-corrected chi connectivity index (χ3v) is 8.06. The van der Waals surface area contributed by atoms with Crippen molar-refractivity contribution in [1.29, 1.82) is 0 Å². The number of benzene rings is 1. The fraction of sp³-hybridized carbons (Fsp3) is 0.440. The van der Waals surface area contributed by atoms with Crippen molar-refractivity contribution in [3.63, 3.8) is 0 Å². The van der Waals surface area contributed by atoms with Crippen LogP contribution >= 0.6 is 22.9 Å². The molecule has 2 aromatic heterocycles. The molecule has 0 aliphatic carbocycles. The Morgan fingerprint density at radius 3 is 2.67 bits per heavy atom. The van der Waals surface area contributed by atoms with E-state index < -0.39 is 6.17 Å². The molecule has 1 amide bonds. The van der Waals surface area contributed by atoms with Crippen LogP contribution in [0.2, 0.25) is 5.02 Å². The number of thiophene rings is 1. The molecule has 9 nitrogen and oxygen atoms in total. The normalized spacial score (nSPS) is 17.8. The molecule has 3 aromatic rings. The summed E-state index contributed by atoms with van der Waals surface area (Å²) in [5.74, 6) is 1.48. The van der Waals surface area contributed by atoms with E-state index in [1.54, 1.807) is 11.3 Å². The minimum atomic E-state index is -0.490. The first-order chi connectivity index (χ1) is 17.4. The summed E-state index contributed by atoms with van der Waals surface area (Å²) in [5, 5.41) is 16.9. The van der Waals surface area contributed by atoms with Crippen LogP contribution in [0.15, 0.2) is 29.3 Å². The van der Waals surface area contributed by atoms with Gasteiger partial charge in [0.15, 0.2) is 12.0 Å². The molecular formula is C25H30ClN7O2S. The number of hydrogen-bond acceptors (Lipinski definition) is 8. The molecule has 1 atom stereocenters. The highest BCUT2D eigenvalue weighted by Crippen LogP contribution is 2.38. The second-order valence-electron chi connectivity index (χ2n) is 8.98. The van der Waals surface area contributed by atoms with Crippen LogP contribution in [0.5, 0.6) is 0 Å². The Hall–Kier alpha value is -2.63. The zero-order chi connectivity index (χ0) is 25.2. The number of nitrogens with one attached hydrogen (secondary N) is 2. The summed E-state index contributed by atoms with van der Waals surface area (Å²) in [6.45, 7) is 10.4. The number of hydrogen-bond donors (Lipinski definition) is 2. The van der Waals surface area contributed by atoms with E-state index in [0.717, 1.165) is 60.5 Å². The molecule has 5 rings (SSSR count). The van der Waals surface area contributed by atoms with Gasteiger partial charge in [0.05, 0.1) is 25.6 Å². The summed E-state index contributed by atoms with van der Waals surface area (Å²) in [5.41, 5.74) is 4.09. The van der Waals surface area contributed by atoms with Gasteiger partial charge in [0, 0.05) is 47.1 Å². The second-order valence-corrected chi connectivity index (χ2v) is 10.6. The van der Waals surface area contributed by atoms with E-state index in [4.69, 9.17) is 21.3 Å². The largest absolute Gasteiger partial charge is 0.379 e. The van der Waals surface area contributed by atoms with Gasteiger partial charge in [-0.15, -0.1) is 21.5 Å². The van der Waals surface area contributed by atoms with Gasteiger partial charge in [0.1, 0.15) is 10.8 Å². The molecule has 2 N–H and O–H groups in total. The molecule has 1 saturated heterocycles. The Morgan fingerprint density at radius 2 is 1.92 bits per heavy atom. The van der Waals surface area contributed by atoms with E-state index in [1.807, 2.05) is 31.2 Å². The van der Waals surface area contributed by atoms with E-state index in [1.165, 1.54) is 10.4 Å². The molecule has 0 radical (unpaired) electrons. The van der Waals surface area contributed by atoms with E-state index in [-0.39, 0.29) is 12.6 Å². The van der Waals surface area contributed by atoms with Gasteiger partial charge in [-0.2, -0.15) is 0 Å². The maximum absolute atomic E-state index is 12.5. The van der Waals surface area contributed by atoms with Crippen LogP contribution in [-0.4, -0.2) is 70.8 Å². The van der Waals surface area contributed by atoms with Crippen molar-refractivity contribution < 1.29 is 9.53 Å². The van der Waals surface area contributed by atoms with Crippen LogP contribution in [0, 0.1) is 20.8 Å². The number of morpholine rings is 1. The summed E-state index contributed by atoms with van der Waals surface area (Å²) in [7, 11) is 0. The van der Waals surface area contributed by atoms with Gasteiger partial charge in [0.25, 0.3) is 0 Å². The number of aliphatic imine (C=N–C) groups is 1. The predicted octanol–water partition coefficient (Wildman–Crippen LogP) is 3.14. The van der Waals surface area contributed by atoms with Crippen LogP contribution < -0.4 is 10.6 Å². The number of halogens is 1. The minimum Gasteiger partial charge on any atom is -0.379 e.